The largest absolute Gasteiger partial charge is 0.430 e. The zero-order chi connectivity index (χ0) is 18.9. The molecule has 3 rings (SSSR count). The first-order valence-corrected chi connectivity index (χ1v) is 9.62. The number of benzene rings is 2. The average molecular weight is 416 g/mol. The predicted molar refractivity (Wildman–Crippen MR) is 104 cm³/mol. The van der Waals surface area contributed by atoms with Gasteiger partial charge in [-0.3, -0.25) is 4.79 Å². The average Bonchev–Trinajstić information content (AvgIpc) is 2.96. The lowest BCUT2D eigenvalue weighted by Gasteiger charge is -2.37. The molecule has 2 aromatic rings. The summed E-state index contributed by atoms with van der Waals surface area (Å²) in [5.74, 6) is -0.292. The summed E-state index contributed by atoms with van der Waals surface area (Å²) in [5.41, 5.74) is 0.678. The SMILES string of the molecule is CC(Br)C(=O)N1C(=O)OC(c2ccccc2)(c2ccccc2)[C@@H]1C(C)C. The van der Waals surface area contributed by atoms with Gasteiger partial charge in [0, 0.05) is 11.1 Å². The summed E-state index contributed by atoms with van der Waals surface area (Å²) in [5, 5.41) is 0. The van der Waals surface area contributed by atoms with Crippen LogP contribution in [0, 0.1) is 5.92 Å². The molecule has 26 heavy (non-hydrogen) atoms. The van der Waals surface area contributed by atoms with Gasteiger partial charge in [-0.2, -0.15) is 0 Å². The van der Waals surface area contributed by atoms with Crippen LogP contribution < -0.4 is 0 Å². The molecule has 1 aliphatic heterocycles. The highest BCUT2D eigenvalue weighted by Crippen LogP contribution is 2.47. The van der Waals surface area contributed by atoms with E-state index in [1.54, 1.807) is 6.92 Å². The van der Waals surface area contributed by atoms with Gasteiger partial charge in [0.05, 0.1) is 10.9 Å². The Morgan fingerprint density at radius 1 is 1.00 bits per heavy atom. The molecule has 0 saturated carbocycles. The van der Waals surface area contributed by atoms with Crippen LogP contribution in [0.4, 0.5) is 4.79 Å². The van der Waals surface area contributed by atoms with Gasteiger partial charge in [-0.15, -0.1) is 0 Å². The monoisotopic (exact) mass is 415 g/mol. The van der Waals surface area contributed by atoms with Crippen LogP contribution in [0.2, 0.25) is 0 Å². The van der Waals surface area contributed by atoms with Gasteiger partial charge in [-0.1, -0.05) is 90.4 Å². The number of hydrogen-bond donors (Lipinski definition) is 0. The summed E-state index contributed by atoms with van der Waals surface area (Å²) in [6.07, 6.45) is -0.604. The summed E-state index contributed by atoms with van der Waals surface area (Å²) >= 11 is 3.30. The molecule has 136 valence electrons. The molecule has 2 atom stereocenters. The lowest BCUT2D eigenvalue weighted by Crippen LogP contribution is -2.51. The molecule has 1 saturated heterocycles. The topological polar surface area (TPSA) is 46.6 Å². The number of halogens is 1. The summed E-state index contributed by atoms with van der Waals surface area (Å²) in [4.78, 5) is 26.5. The molecule has 0 radical (unpaired) electrons. The summed E-state index contributed by atoms with van der Waals surface area (Å²) in [7, 11) is 0. The van der Waals surface area contributed by atoms with Crippen molar-refractivity contribution in [2.75, 3.05) is 0 Å². The van der Waals surface area contributed by atoms with Crippen molar-refractivity contribution in [3.63, 3.8) is 0 Å². The number of alkyl halides is 1. The minimum Gasteiger partial charge on any atom is -0.430 e. The highest BCUT2D eigenvalue weighted by Gasteiger charge is 2.59. The molecule has 0 aliphatic carbocycles. The maximum atomic E-state index is 12.9. The van der Waals surface area contributed by atoms with Gasteiger partial charge in [0.15, 0.2) is 5.60 Å². The molecule has 5 heteroatoms. The second-order valence-corrected chi connectivity index (χ2v) is 8.22. The first-order chi connectivity index (χ1) is 12.4. The van der Waals surface area contributed by atoms with Crippen LogP contribution in [0.15, 0.2) is 60.7 Å². The fourth-order valence-corrected chi connectivity index (χ4v) is 3.95. The van der Waals surface area contributed by atoms with Crippen LogP contribution in [0.3, 0.4) is 0 Å². The molecule has 0 spiro atoms. The maximum Gasteiger partial charge on any atom is 0.418 e. The Kier molecular flexibility index (Phi) is 5.19. The van der Waals surface area contributed by atoms with Crippen molar-refractivity contribution in [2.24, 2.45) is 5.92 Å². The third-order valence-corrected chi connectivity index (χ3v) is 5.15. The number of ether oxygens (including phenoxy) is 1. The van der Waals surface area contributed by atoms with Crippen LogP contribution in [0.5, 0.6) is 0 Å². The molecule has 1 aliphatic rings. The van der Waals surface area contributed by atoms with Gasteiger partial charge in [0.25, 0.3) is 0 Å². The van der Waals surface area contributed by atoms with Crippen molar-refractivity contribution >= 4 is 27.9 Å². The van der Waals surface area contributed by atoms with E-state index >= 15 is 0 Å². The Morgan fingerprint density at radius 3 is 1.85 bits per heavy atom. The summed E-state index contributed by atoms with van der Waals surface area (Å²) < 4.78 is 6.02. The Hall–Kier alpha value is -2.14. The summed E-state index contributed by atoms with van der Waals surface area (Å²) in [6.45, 7) is 5.73. The number of nitrogens with zero attached hydrogens (tertiary/aromatic N) is 1. The molecule has 0 bridgehead atoms. The molecule has 4 nitrogen and oxygen atoms in total. The zero-order valence-corrected chi connectivity index (χ0v) is 16.6. The van der Waals surface area contributed by atoms with E-state index < -0.39 is 22.6 Å². The minimum atomic E-state index is -1.04. The van der Waals surface area contributed by atoms with Gasteiger partial charge in [0.1, 0.15) is 0 Å². The van der Waals surface area contributed by atoms with E-state index in [0.717, 1.165) is 11.1 Å². The molecule has 2 aromatic carbocycles. The quantitative estimate of drug-likeness (QED) is 0.678. The van der Waals surface area contributed by atoms with Crippen LogP contribution in [0.25, 0.3) is 0 Å². The normalized spacial score (nSPS) is 20.1. The predicted octanol–water partition coefficient (Wildman–Crippen LogP) is 4.72. The van der Waals surface area contributed by atoms with E-state index in [-0.39, 0.29) is 11.8 Å². The third-order valence-electron chi connectivity index (χ3n) is 4.75. The number of carbonyl (C=O) groups is 2. The Labute approximate surface area is 162 Å². The van der Waals surface area contributed by atoms with Crippen molar-refractivity contribution in [1.29, 1.82) is 0 Å². The van der Waals surface area contributed by atoms with E-state index in [4.69, 9.17) is 4.74 Å². The minimum absolute atomic E-state index is 0.00272. The van der Waals surface area contributed by atoms with Crippen molar-refractivity contribution in [3.05, 3.63) is 71.8 Å². The van der Waals surface area contributed by atoms with Gasteiger partial charge in [-0.05, 0) is 12.8 Å². The van der Waals surface area contributed by atoms with E-state index in [2.05, 4.69) is 15.9 Å². The smallest absolute Gasteiger partial charge is 0.418 e. The number of cyclic esters (lactones) is 1. The number of rotatable bonds is 4. The Bertz CT molecular complexity index is 750. The summed E-state index contributed by atoms with van der Waals surface area (Å²) in [6, 6.07) is 18.9. The van der Waals surface area contributed by atoms with Gasteiger partial charge in [0.2, 0.25) is 5.91 Å². The van der Waals surface area contributed by atoms with Crippen molar-refractivity contribution in [3.8, 4) is 0 Å². The van der Waals surface area contributed by atoms with Gasteiger partial charge < -0.3 is 4.74 Å². The van der Waals surface area contributed by atoms with Crippen LogP contribution in [0.1, 0.15) is 31.9 Å². The molecule has 0 N–H and O–H groups in total. The second kappa shape index (κ2) is 7.23. The fourth-order valence-electron chi connectivity index (χ4n) is 3.73. The standard InChI is InChI=1S/C21H22BrNO3/c1-14(2)18-21(16-10-6-4-7-11-16,17-12-8-5-9-13-17)26-20(25)23(18)19(24)15(3)22/h4-15,18H,1-3H3/t15?,18-/m0/s1. The Morgan fingerprint density at radius 2 is 1.46 bits per heavy atom. The molecule has 1 heterocycles. The first-order valence-electron chi connectivity index (χ1n) is 8.70. The van der Waals surface area contributed by atoms with Crippen molar-refractivity contribution in [2.45, 2.75) is 37.2 Å². The molecule has 2 amide bonds. The maximum absolute atomic E-state index is 12.9. The number of carbonyl (C=O) groups excluding carboxylic acids is 2. The van der Waals surface area contributed by atoms with E-state index in [1.165, 1.54) is 4.90 Å². The van der Waals surface area contributed by atoms with Crippen molar-refractivity contribution < 1.29 is 14.3 Å². The molecular weight excluding hydrogens is 394 g/mol. The zero-order valence-electron chi connectivity index (χ0n) is 15.1. The Balaban J connectivity index is 2.27. The van der Waals surface area contributed by atoms with E-state index in [0.29, 0.717) is 0 Å². The van der Waals surface area contributed by atoms with Gasteiger partial charge >= 0.3 is 6.09 Å². The second-order valence-electron chi connectivity index (χ2n) is 6.85. The number of hydrogen-bond acceptors (Lipinski definition) is 3. The molecule has 1 fully saturated rings. The van der Waals surface area contributed by atoms with Crippen LogP contribution in [-0.4, -0.2) is 27.8 Å². The first kappa shape index (κ1) is 18.6. The lowest BCUT2D eigenvalue weighted by molar-refractivity contribution is -0.129. The highest BCUT2D eigenvalue weighted by molar-refractivity contribution is 9.10. The third kappa shape index (κ3) is 2.94. The van der Waals surface area contributed by atoms with E-state index in [9.17, 15) is 9.59 Å². The van der Waals surface area contributed by atoms with Crippen molar-refractivity contribution in [1.82, 2.24) is 4.90 Å². The fraction of sp³-hybridized carbons (Fsp3) is 0.333. The molecular formula is C21H22BrNO3. The van der Waals surface area contributed by atoms with E-state index in [1.807, 2.05) is 74.5 Å². The van der Waals surface area contributed by atoms with Crippen LogP contribution in [-0.2, 0) is 15.1 Å². The number of imide groups is 1. The van der Waals surface area contributed by atoms with Crippen LogP contribution >= 0.6 is 15.9 Å². The van der Waals surface area contributed by atoms with Gasteiger partial charge in [-0.25, -0.2) is 9.69 Å². The lowest BCUT2D eigenvalue weighted by atomic mass is 9.75. The molecule has 1 unspecified atom stereocenters. The highest BCUT2D eigenvalue weighted by atomic mass is 79.9. The molecule has 0 aromatic heterocycles. The number of amides is 2.